The summed E-state index contributed by atoms with van der Waals surface area (Å²) in [4.78, 5) is 35.1. The van der Waals surface area contributed by atoms with Crippen LogP contribution in [-0.2, 0) is 22.8 Å². The van der Waals surface area contributed by atoms with Crippen molar-refractivity contribution < 1.29 is 18.8 Å². The SMILES string of the molecule is C=Nc1ccc(Nc2nc(Nc3cc4c(cc3OC)N(C3CCN(C(=O)OC(C)(C)C)CC3)CCc3c-4cnn3C)ncc2Br)c(P(C)(C)=O)c1/N=C\C. The Morgan fingerprint density at radius 3 is 2.48 bits per heavy atom. The van der Waals surface area contributed by atoms with Crippen molar-refractivity contribution in [1.82, 2.24) is 24.6 Å². The number of likely N-dealkylation sites (tertiary alicyclic amines) is 1. The lowest BCUT2D eigenvalue weighted by molar-refractivity contribution is 0.0204. The van der Waals surface area contributed by atoms with E-state index in [0.29, 0.717) is 63.1 Å². The summed E-state index contributed by atoms with van der Waals surface area (Å²) in [5, 5.41) is 11.9. The van der Waals surface area contributed by atoms with E-state index in [-0.39, 0.29) is 12.1 Å². The molecule has 6 rings (SSSR count). The van der Waals surface area contributed by atoms with Crippen molar-refractivity contribution in [3.8, 4) is 16.9 Å². The molecule has 1 fully saturated rings. The number of carbonyl (C=O) groups is 1. The molecule has 2 aliphatic heterocycles. The van der Waals surface area contributed by atoms with Crippen LogP contribution in [-0.4, -0.2) is 95.4 Å². The third kappa shape index (κ3) is 8.17. The Hall–Kier alpha value is -4.75. The second-order valence-corrected chi connectivity index (χ2v) is 18.7. The number of ether oxygens (including phenoxy) is 2. The number of methoxy groups -OCH3 is 1. The van der Waals surface area contributed by atoms with Crippen molar-refractivity contribution in [1.29, 1.82) is 0 Å². The highest BCUT2D eigenvalue weighted by Gasteiger charge is 2.33. The first-order chi connectivity index (χ1) is 25.6. The summed E-state index contributed by atoms with van der Waals surface area (Å²) in [5.41, 5.74) is 6.00. The summed E-state index contributed by atoms with van der Waals surface area (Å²) in [5.74, 6) is 1.40. The minimum Gasteiger partial charge on any atom is -0.494 e. The number of anilines is 5. The fraction of sp³-hybridized carbons (Fsp3) is 0.421. The number of piperidine rings is 1. The van der Waals surface area contributed by atoms with Gasteiger partial charge in [-0.2, -0.15) is 10.1 Å². The van der Waals surface area contributed by atoms with Gasteiger partial charge in [-0.25, -0.2) is 9.78 Å². The van der Waals surface area contributed by atoms with Gasteiger partial charge in [0.1, 0.15) is 30.0 Å². The average Bonchev–Trinajstić information content (AvgIpc) is 3.40. The van der Waals surface area contributed by atoms with Gasteiger partial charge in [0.05, 0.1) is 40.1 Å². The van der Waals surface area contributed by atoms with E-state index in [0.717, 1.165) is 48.3 Å². The Morgan fingerprint density at radius 1 is 1.09 bits per heavy atom. The molecular formula is C38H48BrN10O4P. The van der Waals surface area contributed by atoms with Crippen molar-refractivity contribution in [3.05, 3.63) is 46.8 Å². The molecule has 2 aliphatic rings. The lowest BCUT2D eigenvalue weighted by Crippen LogP contribution is -2.48. The van der Waals surface area contributed by atoms with Gasteiger partial charge in [0.25, 0.3) is 0 Å². The van der Waals surface area contributed by atoms with Crippen molar-refractivity contribution >= 4 is 87.6 Å². The van der Waals surface area contributed by atoms with E-state index in [1.807, 2.05) is 49.7 Å². The van der Waals surface area contributed by atoms with Gasteiger partial charge in [0, 0.05) is 80.1 Å². The number of rotatable bonds is 9. The smallest absolute Gasteiger partial charge is 0.410 e. The minimum atomic E-state index is -2.85. The molecule has 0 spiro atoms. The quantitative estimate of drug-likeness (QED) is 0.125. The van der Waals surface area contributed by atoms with Crippen LogP contribution in [0.3, 0.4) is 0 Å². The van der Waals surface area contributed by atoms with Gasteiger partial charge < -0.3 is 34.5 Å². The Labute approximate surface area is 325 Å². The van der Waals surface area contributed by atoms with E-state index in [9.17, 15) is 9.36 Å². The van der Waals surface area contributed by atoms with Crippen molar-refractivity contribution in [2.45, 2.75) is 58.6 Å². The Kier molecular flexibility index (Phi) is 11.2. The normalized spacial score (nSPS) is 15.1. The zero-order valence-electron chi connectivity index (χ0n) is 32.1. The first-order valence-corrected chi connectivity index (χ1v) is 21.2. The monoisotopic (exact) mass is 818 g/mol. The van der Waals surface area contributed by atoms with Gasteiger partial charge in [-0.1, -0.05) is 0 Å². The third-order valence-corrected chi connectivity index (χ3v) is 11.6. The van der Waals surface area contributed by atoms with Gasteiger partial charge in [-0.15, -0.1) is 0 Å². The third-order valence-electron chi connectivity index (χ3n) is 9.47. The number of hydrogen-bond donors (Lipinski definition) is 2. The summed E-state index contributed by atoms with van der Waals surface area (Å²) in [7, 11) is 0.765. The zero-order valence-corrected chi connectivity index (χ0v) is 34.6. The van der Waals surface area contributed by atoms with Crippen molar-refractivity contribution in [3.63, 3.8) is 0 Å². The Morgan fingerprint density at radius 2 is 1.83 bits per heavy atom. The molecule has 4 heterocycles. The maximum absolute atomic E-state index is 13.6. The van der Waals surface area contributed by atoms with E-state index >= 15 is 0 Å². The van der Waals surface area contributed by atoms with E-state index in [1.54, 1.807) is 45.8 Å². The van der Waals surface area contributed by atoms with Crippen molar-refractivity contribution in [2.24, 2.45) is 17.0 Å². The van der Waals surface area contributed by atoms with Crippen LogP contribution in [0.25, 0.3) is 11.1 Å². The minimum absolute atomic E-state index is 0.211. The fourth-order valence-corrected chi connectivity index (χ4v) is 8.73. The van der Waals surface area contributed by atoms with E-state index in [4.69, 9.17) is 14.5 Å². The first-order valence-electron chi connectivity index (χ1n) is 17.8. The largest absolute Gasteiger partial charge is 0.494 e. The summed E-state index contributed by atoms with van der Waals surface area (Å²) in [6.45, 7) is 16.6. The molecule has 0 aliphatic carbocycles. The topological polar surface area (TPSA) is 151 Å². The maximum Gasteiger partial charge on any atom is 0.410 e. The lowest BCUT2D eigenvalue weighted by atomic mass is 9.99. The number of benzene rings is 2. The number of hydrogen-bond acceptors (Lipinski definition) is 12. The molecule has 14 nitrogen and oxygen atoms in total. The number of nitrogens with one attached hydrogen (secondary N) is 2. The van der Waals surface area contributed by atoms with Crippen LogP contribution in [0.4, 0.5) is 45.0 Å². The molecule has 0 atom stereocenters. The van der Waals surface area contributed by atoms with E-state index in [1.165, 1.54) is 0 Å². The summed E-state index contributed by atoms with van der Waals surface area (Å²) in [6.07, 6.45) is 7.37. The number of aliphatic imine (C=N–C) groups is 2. The molecule has 2 aromatic carbocycles. The molecule has 2 aromatic heterocycles. The molecule has 0 unspecified atom stereocenters. The molecule has 2 N–H and O–H groups in total. The summed E-state index contributed by atoms with van der Waals surface area (Å²) in [6, 6.07) is 7.94. The highest BCUT2D eigenvalue weighted by molar-refractivity contribution is 9.10. The molecule has 1 saturated heterocycles. The second-order valence-electron chi connectivity index (χ2n) is 14.7. The predicted molar refractivity (Wildman–Crippen MR) is 222 cm³/mol. The molecule has 4 aromatic rings. The van der Waals surface area contributed by atoms with Crippen LogP contribution in [0.2, 0.25) is 0 Å². The van der Waals surface area contributed by atoms with Crippen LogP contribution >= 0.6 is 23.1 Å². The Balaban J connectivity index is 1.33. The fourth-order valence-electron chi connectivity index (χ4n) is 7.05. The second kappa shape index (κ2) is 15.5. The number of fused-ring (bicyclic) bond motifs is 3. The molecule has 16 heteroatoms. The molecule has 0 radical (unpaired) electrons. The number of aryl methyl sites for hydroxylation is 1. The van der Waals surface area contributed by atoms with Gasteiger partial charge in [0.2, 0.25) is 5.95 Å². The Bertz CT molecular complexity index is 2150. The number of amides is 1. The zero-order chi connectivity index (χ0) is 38.9. The molecule has 54 heavy (non-hydrogen) atoms. The number of nitrogens with zero attached hydrogens (tertiary/aromatic N) is 8. The van der Waals surface area contributed by atoms with Gasteiger partial charge >= 0.3 is 6.09 Å². The predicted octanol–water partition coefficient (Wildman–Crippen LogP) is 8.20. The standard InChI is InChI=1S/C38H48BrN10O4P/c1-10-41-33-27(40-5)11-12-28(34(33)54(8,9)51)44-35-26(39)22-42-36(46-35)45-29-19-24-25-21-43-47(6)30(25)15-18-49(31(24)20-32(29)52-7)23-13-16-48(17-14-23)37(50)53-38(2,3)4/h10-12,19-23H,5,13-18H2,1-4,6-9H3,(H2,42,44,45,46)/b41-10-. The highest BCUT2D eigenvalue weighted by atomic mass is 79.9. The molecule has 1 amide bonds. The van der Waals surface area contributed by atoms with Crippen LogP contribution in [0, 0.1) is 0 Å². The number of halogens is 1. The highest BCUT2D eigenvalue weighted by Crippen LogP contribution is 2.47. The maximum atomic E-state index is 13.6. The molecule has 286 valence electrons. The van der Waals surface area contributed by atoms with Gasteiger partial charge in [0.15, 0.2) is 0 Å². The van der Waals surface area contributed by atoms with Gasteiger partial charge in [-0.3, -0.25) is 14.7 Å². The van der Waals surface area contributed by atoms with E-state index < -0.39 is 12.7 Å². The summed E-state index contributed by atoms with van der Waals surface area (Å²) < 4.78 is 27.8. The van der Waals surface area contributed by atoms with Crippen LogP contribution < -0.4 is 25.6 Å². The lowest BCUT2D eigenvalue weighted by Gasteiger charge is -2.40. The first kappa shape index (κ1) is 39.0. The summed E-state index contributed by atoms with van der Waals surface area (Å²) >= 11 is 3.59. The molecular weight excluding hydrogens is 771 g/mol. The van der Waals surface area contributed by atoms with Gasteiger partial charge in [-0.05, 0) is 94.7 Å². The molecule has 0 saturated carbocycles. The van der Waals surface area contributed by atoms with E-state index in [2.05, 4.69) is 70.4 Å². The van der Waals surface area contributed by atoms with Crippen molar-refractivity contribution in [2.75, 3.05) is 55.6 Å². The van der Waals surface area contributed by atoms with Crippen LogP contribution in [0.1, 0.15) is 46.2 Å². The number of aromatic nitrogens is 4. The molecule has 0 bridgehead atoms. The average molecular weight is 820 g/mol. The van der Waals surface area contributed by atoms with Crippen LogP contribution in [0.15, 0.2) is 51.1 Å². The number of carbonyl (C=O) groups excluding carboxylic acids is 1. The van der Waals surface area contributed by atoms with Crippen LogP contribution in [0.5, 0.6) is 5.75 Å².